The van der Waals surface area contributed by atoms with E-state index in [9.17, 15) is 5.11 Å². The van der Waals surface area contributed by atoms with Gasteiger partial charge in [-0.3, -0.25) is 0 Å². The summed E-state index contributed by atoms with van der Waals surface area (Å²) >= 11 is 0. The molecule has 1 aromatic carbocycles. The van der Waals surface area contributed by atoms with E-state index in [2.05, 4.69) is 44.9 Å². The van der Waals surface area contributed by atoms with Gasteiger partial charge in [0.1, 0.15) is 5.65 Å². The minimum atomic E-state index is -0.721. The van der Waals surface area contributed by atoms with Crippen molar-refractivity contribution >= 4 is 22.7 Å². The molecule has 1 fully saturated rings. The van der Waals surface area contributed by atoms with Crippen molar-refractivity contribution in [3.63, 3.8) is 0 Å². The third kappa shape index (κ3) is 3.68. The predicted molar refractivity (Wildman–Crippen MR) is 108 cm³/mol. The topological polar surface area (TPSA) is 66.2 Å². The summed E-state index contributed by atoms with van der Waals surface area (Å²) < 4.78 is 2.15. The summed E-state index contributed by atoms with van der Waals surface area (Å²) in [7, 11) is 2.10. The molecule has 6 nitrogen and oxygen atoms in total. The van der Waals surface area contributed by atoms with Crippen molar-refractivity contribution in [3.05, 3.63) is 48.3 Å². The molecule has 1 aliphatic rings. The van der Waals surface area contributed by atoms with Gasteiger partial charge in [-0.25, -0.2) is 4.98 Å². The molecular weight excluding hydrogens is 338 g/mol. The van der Waals surface area contributed by atoms with Crippen LogP contribution in [-0.4, -0.2) is 44.7 Å². The van der Waals surface area contributed by atoms with Gasteiger partial charge in [-0.05, 0) is 50.1 Å². The number of anilines is 2. The number of likely N-dealkylation sites (tertiary alicyclic amines) is 1. The van der Waals surface area contributed by atoms with Crippen LogP contribution in [-0.2, 0) is 12.1 Å². The zero-order chi connectivity index (χ0) is 18.9. The summed E-state index contributed by atoms with van der Waals surface area (Å²) in [6, 6.07) is 10.0. The molecule has 2 N–H and O–H groups in total. The Balaban J connectivity index is 1.51. The number of nitrogens with zero attached hydrogens (tertiary/aromatic N) is 4. The summed E-state index contributed by atoms with van der Waals surface area (Å²) in [6.07, 6.45) is 6.52. The third-order valence-electron chi connectivity index (χ3n) is 5.46. The zero-order valence-corrected chi connectivity index (χ0v) is 16.0. The number of piperidine rings is 1. The maximum atomic E-state index is 10.9. The van der Waals surface area contributed by atoms with E-state index in [1.165, 1.54) is 0 Å². The van der Waals surface area contributed by atoms with Gasteiger partial charge in [0.05, 0.1) is 5.60 Å². The number of aliphatic hydroxyl groups is 1. The SMILES string of the molecule is CCCn1ccc2cnc(Nc3ccc(C4(O)CCN(C)CC4)cc3)nc21. The van der Waals surface area contributed by atoms with Gasteiger partial charge < -0.3 is 19.9 Å². The van der Waals surface area contributed by atoms with Crippen molar-refractivity contribution in [2.24, 2.45) is 0 Å². The molecule has 3 aromatic rings. The van der Waals surface area contributed by atoms with Crippen LogP contribution < -0.4 is 5.32 Å². The van der Waals surface area contributed by atoms with Gasteiger partial charge in [0.25, 0.3) is 0 Å². The molecule has 142 valence electrons. The molecule has 0 radical (unpaired) electrons. The van der Waals surface area contributed by atoms with Gasteiger partial charge in [0, 0.05) is 43.1 Å². The average Bonchev–Trinajstić information content (AvgIpc) is 3.08. The first-order valence-corrected chi connectivity index (χ1v) is 9.68. The first kappa shape index (κ1) is 17.9. The predicted octanol–water partition coefficient (Wildman–Crippen LogP) is 3.50. The number of hydrogen-bond donors (Lipinski definition) is 2. The van der Waals surface area contributed by atoms with Crippen molar-refractivity contribution in [3.8, 4) is 0 Å². The maximum absolute atomic E-state index is 10.9. The summed E-state index contributed by atoms with van der Waals surface area (Å²) in [6.45, 7) is 4.94. The summed E-state index contributed by atoms with van der Waals surface area (Å²) in [5.41, 5.74) is 2.13. The van der Waals surface area contributed by atoms with E-state index in [1.807, 2.05) is 36.5 Å². The Kier molecular flexibility index (Phi) is 4.85. The molecule has 3 heterocycles. The first-order chi connectivity index (χ1) is 13.1. The van der Waals surface area contributed by atoms with Gasteiger partial charge in [-0.1, -0.05) is 19.1 Å². The van der Waals surface area contributed by atoms with Crippen LogP contribution in [0.5, 0.6) is 0 Å². The Morgan fingerprint density at radius 2 is 1.89 bits per heavy atom. The van der Waals surface area contributed by atoms with Gasteiger partial charge in [-0.15, -0.1) is 0 Å². The largest absolute Gasteiger partial charge is 0.385 e. The van der Waals surface area contributed by atoms with E-state index in [0.717, 1.165) is 61.2 Å². The lowest BCUT2D eigenvalue weighted by Gasteiger charge is -2.37. The van der Waals surface area contributed by atoms with Gasteiger partial charge >= 0.3 is 0 Å². The summed E-state index contributed by atoms with van der Waals surface area (Å²) in [5.74, 6) is 0.587. The fourth-order valence-electron chi connectivity index (χ4n) is 3.72. The average molecular weight is 365 g/mol. The highest BCUT2D eigenvalue weighted by Gasteiger charge is 2.32. The van der Waals surface area contributed by atoms with Crippen LogP contribution in [0.1, 0.15) is 31.7 Å². The Morgan fingerprint density at radius 3 is 2.59 bits per heavy atom. The lowest BCUT2D eigenvalue weighted by atomic mass is 9.84. The number of hydrogen-bond acceptors (Lipinski definition) is 5. The number of aryl methyl sites for hydroxylation is 1. The Morgan fingerprint density at radius 1 is 1.15 bits per heavy atom. The van der Waals surface area contributed by atoms with Gasteiger partial charge in [0.15, 0.2) is 0 Å². The highest BCUT2D eigenvalue weighted by molar-refractivity contribution is 5.76. The van der Waals surface area contributed by atoms with Crippen molar-refractivity contribution in [2.75, 3.05) is 25.5 Å². The minimum absolute atomic E-state index is 0.587. The molecule has 27 heavy (non-hydrogen) atoms. The Hall–Kier alpha value is -2.44. The maximum Gasteiger partial charge on any atom is 0.229 e. The Labute approximate surface area is 159 Å². The van der Waals surface area contributed by atoms with Crippen molar-refractivity contribution in [1.29, 1.82) is 0 Å². The van der Waals surface area contributed by atoms with Crippen LogP contribution in [0.2, 0.25) is 0 Å². The number of fused-ring (bicyclic) bond motifs is 1. The molecule has 4 rings (SSSR count). The number of aromatic nitrogens is 3. The van der Waals surface area contributed by atoms with E-state index in [-0.39, 0.29) is 0 Å². The standard InChI is InChI=1S/C21H27N5O/c1-3-11-26-12-8-16-15-22-20(24-19(16)26)23-18-6-4-17(5-7-18)21(27)9-13-25(2)14-10-21/h4-8,12,15,27H,3,9-11,13-14H2,1-2H3,(H,22,23,24). The third-order valence-corrected chi connectivity index (χ3v) is 5.46. The van der Waals surface area contributed by atoms with Crippen LogP contribution >= 0.6 is 0 Å². The van der Waals surface area contributed by atoms with Crippen LogP contribution in [0.25, 0.3) is 11.0 Å². The highest BCUT2D eigenvalue weighted by atomic mass is 16.3. The molecular formula is C21H27N5O. The van der Waals surface area contributed by atoms with E-state index in [0.29, 0.717) is 5.95 Å². The number of benzene rings is 1. The molecule has 6 heteroatoms. The van der Waals surface area contributed by atoms with E-state index >= 15 is 0 Å². The van der Waals surface area contributed by atoms with Gasteiger partial charge in [0.2, 0.25) is 5.95 Å². The molecule has 0 aliphatic carbocycles. The quantitative estimate of drug-likeness (QED) is 0.724. The molecule has 0 atom stereocenters. The molecule has 1 aliphatic heterocycles. The van der Waals surface area contributed by atoms with Gasteiger partial charge in [-0.2, -0.15) is 4.98 Å². The van der Waals surface area contributed by atoms with Crippen LogP contribution in [0.15, 0.2) is 42.7 Å². The smallest absolute Gasteiger partial charge is 0.229 e. The summed E-state index contributed by atoms with van der Waals surface area (Å²) in [4.78, 5) is 11.3. The summed E-state index contributed by atoms with van der Waals surface area (Å²) in [5, 5.41) is 15.3. The fourth-order valence-corrected chi connectivity index (χ4v) is 3.72. The molecule has 2 aromatic heterocycles. The van der Waals surface area contributed by atoms with E-state index < -0.39 is 5.60 Å². The van der Waals surface area contributed by atoms with Crippen molar-refractivity contribution in [2.45, 2.75) is 38.3 Å². The second-order valence-corrected chi connectivity index (χ2v) is 7.52. The highest BCUT2D eigenvalue weighted by Crippen LogP contribution is 2.33. The first-order valence-electron chi connectivity index (χ1n) is 9.68. The van der Waals surface area contributed by atoms with Crippen LogP contribution in [0.4, 0.5) is 11.6 Å². The second kappa shape index (κ2) is 7.29. The Bertz CT molecular complexity index is 910. The van der Waals surface area contributed by atoms with E-state index in [1.54, 1.807) is 0 Å². The molecule has 1 saturated heterocycles. The lowest BCUT2D eigenvalue weighted by molar-refractivity contribution is -0.0202. The van der Waals surface area contributed by atoms with Crippen molar-refractivity contribution in [1.82, 2.24) is 19.4 Å². The van der Waals surface area contributed by atoms with E-state index in [4.69, 9.17) is 0 Å². The van der Waals surface area contributed by atoms with Crippen molar-refractivity contribution < 1.29 is 5.11 Å². The number of rotatable bonds is 5. The fraction of sp³-hybridized carbons (Fsp3) is 0.429. The molecule has 0 unspecified atom stereocenters. The monoisotopic (exact) mass is 365 g/mol. The van der Waals surface area contributed by atoms with Crippen LogP contribution in [0, 0.1) is 0 Å². The normalized spacial score (nSPS) is 17.3. The lowest BCUT2D eigenvalue weighted by Crippen LogP contribution is -2.40. The molecule has 0 saturated carbocycles. The molecule has 0 amide bonds. The van der Waals surface area contributed by atoms with Crippen LogP contribution in [0.3, 0.4) is 0 Å². The number of nitrogens with one attached hydrogen (secondary N) is 1. The second-order valence-electron chi connectivity index (χ2n) is 7.52. The minimum Gasteiger partial charge on any atom is -0.385 e. The molecule has 0 spiro atoms. The molecule has 0 bridgehead atoms. The zero-order valence-electron chi connectivity index (χ0n) is 16.0.